The molecule has 0 bridgehead atoms. The molecule has 7 nitrogen and oxygen atoms in total. The summed E-state index contributed by atoms with van der Waals surface area (Å²) in [5, 5.41) is 12.2. The Morgan fingerprint density at radius 3 is 2.60 bits per heavy atom. The highest BCUT2D eigenvalue weighted by Crippen LogP contribution is 2.22. The quantitative estimate of drug-likeness (QED) is 0.343. The summed E-state index contributed by atoms with van der Waals surface area (Å²) in [5.74, 6) is -0.309. The van der Waals surface area contributed by atoms with E-state index in [0.29, 0.717) is 11.3 Å². The number of carbonyl (C=O) groups excluding carboxylic acids is 1. The molecule has 0 unspecified atom stereocenters. The average molecular weight is 399 g/mol. The van der Waals surface area contributed by atoms with E-state index in [-0.39, 0.29) is 18.0 Å². The standard InChI is InChI=1S/C23H21N5O2/c1-16-20(23(30)28(27-16)18-10-3-2-4-11-18)14-25-26-22(29)15-24-21-13-7-9-17-8-5-6-12-19(17)21/h2-14,24,27H,15H2,1H3,(H,26,29)/b25-14-. The molecule has 30 heavy (non-hydrogen) atoms. The summed E-state index contributed by atoms with van der Waals surface area (Å²) in [4.78, 5) is 24.8. The molecule has 150 valence electrons. The summed E-state index contributed by atoms with van der Waals surface area (Å²) in [6, 6.07) is 23.1. The molecule has 0 saturated heterocycles. The van der Waals surface area contributed by atoms with Crippen LogP contribution in [0.15, 0.2) is 82.7 Å². The first-order chi connectivity index (χ1) is 14.6. The lowest BCUT2D eigenvalue weighted by molar-refractivity contribution is -0.119. The monoisotopic (exact) mass is 399 g/mol. The fraction of sp³-hybridized carbons (Fsp3) is 0.0870. The molecule has 3 aromatic carbocycles. The molecule has 0 aliphatic carbocycles. The number of aromatic amines is 1. The largest absolute Gasteiger partial charge is 0.376 e. The number of nitrogens with zero attached hydrogens (tertiary/aromatic N) is 2. The summed E-state index contributed by atoms with van der Waals surface area (Å²) in [5.41, 5.74) is 4.89. The minimum absolute atomic E-state index is 0.0612. The van der Waals surface area contributed by atoms with Crippen LogP contribution in [0, 0.1) is 6.92 Å². The fourth-order valence-corrected chi connectivity index (χ4v) is 3.23. The summed E-state index contributed by atoms with van der Waals surface area (Å²) in [6.45, 7) is 1.85. The third-order valence-electron chi connectivity index (χ3n) is 4.74. The number of H-pyrrole nitrogens is 1. The van der Waals surface area contributed by atoms with E-state index in [2.05, 4.69) is 20.9 Å². The number of para-hydroxylation sites is 1. The maximum Gasteiger partial charge on any atom is 0.280 e. The second-order valence-corrected chi connectivity index (χ2v) is 6.80. The minimum Gasteiger partial charge on any atom is -0.376 e. The number of nitrogens with one attached hydrogen (secondary N) is 3. The lowest BCUT2D eigenvalue weighted by atomic mass is 10.1. The summed E-state index contributed by atoms with van der Waals surface area (Å²) in [7, 11) is 0. The van der Waals surface area contributed by atoms with Gasteiger partial charge in [-0.2, -0.15) is 5.10 Å². The number of carbonyl (C=O) groups is 1. The van der Waals surface area contributed by atoms with Crippen LogP contribution in [0.2, 0.25) is 0 Å². The van der Waals surface area contributed by atoms with Gasteiger partial charge in [0.15, 0.2) is 0 Å². The maximum atomic E-state index is 12.6. The molecule has 3 N–H and O–H groups in total. The van der Waals surface area contributed by atoms with Crippen molar-refractivity contribution in [3.63, 3.8) is 0 Å². The van der Waals surface area contributed by atoms with Gasteiger partial charge in [0.05, 0.1) is 24.0 Å². The Kier molecular flexibility index (Phi) is 5.43. The molecule has 7 heteroatoms. The number of anilines is 1. The lowest BCUT2D eigenvalue weighted by Gasteiger charge is -2.08. The van der Waals surface area contributed by atoms with Gasteiger partial charge < -0.3 is 5.32 Å². The van der Waals surface area contributed by atoms with Crippen molar-refractivity contribution in [2.24, 2.45) is 5.10 Å². The molecular weight excluding hydrogens is 378 g/mol. The molecule has 0 atom stereocenters. The van der Waals surface area contributed by atoms with Gasteiger partial charge in [-0.05, 0) is 30.5 Å². The highest BCUT2D eigenvalue weighted by atomic mass is 16.2. The smallest absolute Gasteiger partial charge is 0.280 e. The van der Waals surface area contributed by atoms with Crippen molar-refractivity contribution in [2.75, 3.05) is 11.9 Å². The Labute approximate surface area is 173 Å². The number of hydrogen-bond donors (Lipinski definition) is 3. The molecule has 0 aliphatic rings. The van der Waals surface area contributed by atoms with Crippen LogP contribution in [-0.4, -0.2) is 28.4 Å². The first kappa shape index (κ1) is 19.2. The minimum atomic E-state index is -0.309. The number of benzene rings is 3. The van der Waals surface area contributed by atoms with Gasteiger partial charge in [-0.3, -0.25) is 14.7 Å². The van der Waals surface area contributed by atoms with Crippen LogP contribution < -0.4 is 16.3 Å². The van der Waals surface area contributed by atoms with Gasteiger partial charge in [-0.25, -0.2) is 10.1 Å². The van der Waals surface area contributed by atoms with Crippen molar-refractivity contribution in [2.45, 2.75) is 6.92 Å². The number of fused-ring (bicyclic) bond motifs is 1. The van der Waals surface area contributed by atoms with Gasteiger partial charge in [0.2, 0.25) is 0 Å². The summed E-state index contributed by atoms with van der Waals surface area (Å²) < 4.78 is 1.45. The van der Waals surface area contributed by atoms with E-state index in [9.17, 15) is 9.59 Å². The molecule has 0 spiro atoms. The van der Waals surface area contributed by atoms with Crippen LogP contribution in [0.4, 0.5) is 5.69 Å². The Morgan fingerprint density at radius 1 is 1.03 bits per heavy atom. The Balaban J connectivity index is 1.41. The normalized spacial score (nSPS) is 11.1. The van der Waals surface area contributed by atoms with Crippen LogP contribution in [0.1, 0.15) is 11.3 Å². The number of aromatic nitrogens is 2. The highest BCUT2D eigenvalue weighted by Gasteiger charge is 2.10. The number of rotatable bonds is 6. The first-order valence-electron chi connectivity index (χ1n) is 9.54. The van der Waals surface area contributed by atoms with E-state index >= 15 is 0 Å². The zero-order valence-electron chi connectivity index (χ0n) is 16.4. The Bertz CT molecular complexity index is 1270. The molecule has 1 aromatic heterocycles. The molecule has 0 saturated carbocycles. The molecule has 0 fully saturated rings. The Hall–Kier alpha value is -4.13. The second-order valence-electron chi connectivity index (χ2n) is 6.80. The molecule has 1 heterocycles. The third-order valence-corrected chi connectivity index (χ3v) is 4.74. The summed E-state index contributed by atoms with van der Waals surface area (Å²) in [6.07, 6.45) is 1.36. The van der Waals surface area contributed by atoms with Crippen molar-refractivity contribution >= 4 is 28.6 Å². The van der Waals surface area contributed by atoms with E-state index in [1.165, 1.54) is 10.9 Å². The molecule has 0 radical (unpaired) electrons. The first-order valence-corrected chi connectivity index (χ1v) is 9.54. The van der Waals surface area contributed by atoms with Gasteiger partial charge in [-0.15, -0.1) is 0 Å². The maximum absolute atomic E-state index is 12.6. The number of aryl methyl sites for hydroxylation is 1. The molecular formula is C23H21N5O2. The molecule has 1 amide bonds. The van der Waals surface area contributed by atoms with E-state index in [1.807, 2.05) is 72.8 Å². The predicted octanol–water partition coefficient (Wildman–Crippen LogP) is 3.19. The SMILES string of the molecule is Cc1[nH]n(-c2ccccc2)c(=O)c1/C=N\NC(=O)CNc1cccc2ccccc12. The van der Waals surface area contributed by atoms with Crippen LogP contribution in [0.5, 0.6) is 0 Å². The van der Waals surface area contributed by atoms with Gasteiger partial charge >= 0.3 is 0 Å². The molecule has 4 rings (SSSR count). The van der Waals surface area contributed by atoms with E-state index in [0.717, 1.165) is 22.1 Å². The molecule has 0 aliphatic heterocycles. The van der Waals surface area contributed by atoms with E-state index < -0.39 is 0 Å². The van der Waals surface area contributed by atoms with Crippen LogP contribution >= 0.6 is 0 Å². The van der Waals surface area contributed by atoms with Crippen molar-refractivity contribution < 1.29 is 4.79 Å². The average Bonchev–Trinajstić information content (AvgIpc) is 3.06. The highest BCUT2D eigenvalue weighted by molar-refractivity contribution is 5.95. The number of hydrazone groups is 1. The van der Waals surface area contributed by atoms with Gasteiger partial charge in [-0.1, -0.05) is 54.6 Å². The lowest BCUT2D eigenvalue weighted by Crippen LogP contribution is -2.26. The van der Waals surface area contributed by atoms with Crippen LogP contribution in [-0.2, 0) is 4.79 Å². The van der Waals surface area contributed by atoms with E-state index in [4.69, 9.17) is 0 Å². The molecule has 4 aromatic rings. The third kappa shape index (κ3) is 4.00. The topological polar surface area (TPSA) is 91.3 Å². The number of amides is 1. The van der Waals surface area contributed by atoms with Gasteiger partial charge in [0.25, 0.3) is 11.5 Å². The van der Waals surface area contributed by atoms with Crippen LogP contribution in [0.25, 0.3) is 16.5 Å². The number of hydrogen-bond acceptors (Lipinski definition) is 4. The van der Waals surface area contributed by atoms with E-state index in [1.54, 1.807) is 6.92 Å². The van der Waals surface area contributed by atoms with Crippen molar-refractivity contribution in [3.05, 3.63) is 94.4 Å². The summed E-state index contributed by atoms with van der Waals surface area (Å²) >= 11 is 0. The van der Waals surface area contributed by atoms with Crippen molar-refractivity contribution in [1.29, 1.82) is 0 Å². The van der Waals surface area contributed by atoms with Crippen molar-refractivity contribution in [3.8, 4) is 5.69 Å². The Morgan fingerprint density at radius 2 is 1.77 bits per heavy atom. The van der Waals surface area contributed by atoms with Crippen molar-refractivity contribution in [1.82, 2.24) is 15.2 Å². The second kappa shape index (κ2) is 8.48. The zero-order valence-corrected chi connectivity index (χ0v) is 16.4. The predicted molar refractivity (Wildman–Crippen MR) is 119 cm³/mol. The van der Waals surface area contributed by atoms with Gasteiger partial charge in [0, 0.05) is 16.8 Å². The van der Waals surface area contributed by atoms with Crippen LogP contribution in [0.3, 0.4) is 0 Å². The van der Waals surface area contributed by atoms with Gasteiger partial charge in [0.1, 0.15) is 0 Å². The zero-order chi connectivity index (χ0) is 20.9. The fourth-order valence-electron chi connectivity index (χ4n) is 3.23.